The number of hydrogen-bond donors (Lipinski definition) is 3. The van der Waals surface area contributed by atoms with Crippen molar-refractivity contribution in [3.05, 3.63) is 44.5 Å². The third kappa shape index (κ3) is 4.41. The number of phosphoric acid groups is 1. The standard InChI is InChI=1S/C19H21N6O11P/c1-31-10-3-8(9(25(28)29)4-11(10)32-2)5-33-37(30)34-6-12-15(36-37)14(26)18(35-12)24-7-21-13-16(24)22-19(20)23-17(13)27/h3-4,7,12,14-15,18,26H,5-6H2,1-2H3,(H3,20,22,23,27)/t12-,14-,15-,18-,37?/m1/s1. The average Bonchev–Trinajstić information content (AvgIpc) is 3.42. The molecule has 0 bridgehead atoms. The second-order valence-electron chi connectivity index (χ2n) is 8.01. The zero-order valence-corrected chi connectivity index (χ0v) is 20.2. The maximum Gasteiger partial charge on any atom is 0.475 e. The Balaban J connectivity index is 1.35. The highest BCUT2D eigenvalue weighted by molar-refractivity contribution is 7.48. The van der Waals surface area contributed by atoms with Gasteiger partial charge in [-0.15, -0.1) is 0 Å². The van der Waals surface area contributed by atoms with Crippen molar-refractivity contribution in [1.29, 1.82) is 0 Å². The van der Waals surface area contributed by atoms with E-state index in [2.05, 4.69) is 15.0 Å². The Morgan fingerprint density at radius 1 is 1.35 bits per heavy atom. The molecule has 198 valence electrons. The van der Waals surface area contributed by atoms with Gasteiger partial charge in [-0.25, -0.2) is 9.55 Å². The smallest absolute Gasteiger partial charge is 0.475 e. The molecule has 2 saturated heterocycles. The van der Waals surface area contributed by atoms with Gasteiger partial charge in [0.15, 0.2) is 28.9 Å². The molecule has 37 heavy (non-hydrogen) atoms. The number of anilines is 1. The first-order valence-electron chi connectivity index (χ1n) is 10.7. The van der Waals surface area contributed by atoms with Crippen molar-refractivity contribution in [2.45, 2.75) is 31.1 Å². The van der Waals surface area contributed by atoms with Crippen LogP contribution in [0.3, 0.4) is 0 Å². The quantitative estimate of drug-likeness (QED) is 0.212. The van der Waals surface area contributed by atoms with E-state index in [4.69, 9.17) is 33.5 Å². The fourth-order valence-corrected chi connectivity index (χ4v) is 5.48. The number of aromatic nitrogens is 4. The van der Waals surface area contributed by atoms with Crippen LogP contribution < -0.4 is 20.8 Å². The molecule has 2 aliphatic heterocycles. The Kier molecular flexibility index (Phi) is 6.35. The van der Waals surface area contributed by atoms with Crippen LogP contribution >= 0.6 is 7.82 Å². The minimum Gasteiger partial charge on any atom is -0.493 e. The number of nitrogens with one attached hydrogen (secondary N) is 1. The van der Waals surface area contributed by atoms with Gasteiger partial charge in [0.25, 0.3) is 11.2 Å². The Morgan fingerprint density at radius 3 is 2.78 bits per heavy atom. The van der Waals surface area contributed by atoms with Crippen molar-refractivity contribution in [2.75, 3.05) is 26.6 Å². The Morgan fingerprint density at radius 2 is 2.08 bits per heavy atom. The van der Waals surface area contributed by atoms with Crippen LogP contribution in [0.4, 0.5) is 11.6 Å². The van der Waals surface area contributed by atoms with E-state index in [0.29, 0.717) is 0 Å². The first-order chi connectivity index (χ1) is 17.6. The molecule has 2 fully saturated rings. The number of rotatable bonds is 7. The lowest BCUT2D eigenvalue weighted by Crippen LogP contribution is -2.39. The summed E-state index contributed by atoms with van der Waals surface area (Å²) in [6.07, 6.45) is -3.32. The number of benzene rings is 1. The highest BCUT2D eigenvalue weighted by atomic mass is 31.2. The number of nitrogens with zero attached hydrogens (tertiary/aromatic N) is 4. The molecule has 1 unspecified atom stereocenters. The number of H-pyrrole nitrogens is 1. The van der Waals surface area contributed by atoms with Crippen molar-refractivity contribution >= 4 is 30.6 Å². The number of ether oxygens (including phenoxy) is 3. The molecular weight excluding hydrogens is 519 g/mol. The number of phosphoric ester groups is 1. The van der Waals surface area contributed by atoms with E-state index >= 15 is 0 Å². The van der Waals surface area contributed by atoms with E-state index in [9.17, 15) is 24.6 Å². The van der Waals surface area contributed by atoms with Crippen molar-refractivity contribution in [3.63, 3.8) is 0 Å². The molecule has 2 aromatic heterocycles. The van der Waals surface area contributed by atoms with Gasteiger partial charge < -0.3 is 25.1 Å². The molecule has 0 aliphatic carbocycles. The molecule has 0 amide bonds. The summed E-state index contributed by atoms with van der Waals surface area (Å²) in [5, 5.41) is 22.4. The summed E-state index contributed by atoms with van der Waals surface area (Å²) in [5.41, 5.74) is 4.73. The van der Waals surface area contributed by atoms with E-state index in [0.717, 1.165) is 6.07 Å². The number of aliphatic hydroxyl groups excluding tert-OH is 1. The number of nitrogens with two attached hydrogens (primary N) is 1. The summed E-state index contributed by atoms with van der Waals surface area (Å²) in [6, 6.07) is 2.45. The van der Waals surface area contributed by atoms with E-state index < -0.39 is 49.5 Å². The number of methoxy groups -OCH3 is 2. The molecule has 17 nitrogen and oxygen atoms in total. The Bertz CT molecular complexity index is 1470. The van der Waals surface area contributed by atoms with E-state index in [1.807, 2.05) is 0 Å². The summed E-state index contributed by atoms with van der Waals surface area (Å²) >= 11 is 0. The van der Waals surface area contributed by atoms with Crippen molar-refractivity contribution in [1.82, 2.24) is 19.5 Å². The summed E-state index contributed by atoms with van der Waals surface area (Å²) in [4.78, 5) is 33.3. The minimum absolute atomic E-state index is 0.0204. The second kappa shape index (κ2) is 9.37. The zero-order chi connectivity index (χ0) is 26.5. The normalized spacial score (nSPS) is 27.2. The number of nitro groups is 1. The number of nitrogen functional groups attached to an aromatic ring is 1. The van der Waals surface area contributed by atoms with Crippen LogP contribution in [0.15, 0.2) is 23.3 Å². The van der Waals surface area contributed by atoms with Crippen LogP contribution in [0, 0.1) is 10.1 Å². The van der Waals surface area contributed by atoms with Crippen molar-refractivity contribution < 1.29 is 42.4 Å². The molecule has 1 aromatic carbocycles. The molecule has 4 N–H and O–H groups in total. The fourth-order valence-electron chi connectivity index (χ4n) is 4.10. The van der Waals surface area contributed by atoms with Crippen molar-refractivity contribution in [3.8, 4) is 11.5 Å². The van der Waals surface area contributed by atoms with Gasteiger partial charge in [0.1, 0.15) is 18.3 Å². The van der Waals surface area contributed by atoms with Gasteiger partial charge >= 0.3 is 7.82 Å². The molecule has 4 heterocycles. The lowest BCUT2D eigenvalue weighted by molar-refractivity contribution is -0.385. The van der Waals surface area contributed by atoms with Gasteiger partial charge in [0, 0.05) is 0 Å². The molecule has 0 spiro atoms. The SMILES string of the molecule is COc1cc(COP2(=O)OC[C@H]3O[C@@H](n4cnc5c(=O)[nH]c(N)nc54)[C@H](O)[C@@H]3O2)c([N+](=O)[O-])cc1OC. The third-order valence-electron chi connectivity index (χ3n) is 5.84. The second-order valence-corrected chi connectivity index (χ2v) is 9.63. The largest absolute Gasteiger partial charge is 0.493 e. The van der Waals surface area contributed by atoms with Gasteiger partial charge in [0.05, 0.1) is 50.3 Å². The fraction of sp³-hybridized carbons (Fsp3) is 0.421. The van der Waals surface area contributed by atoms with Gasteiger partial charge in [-0.1, -0.05) is 0 Å². The van der Waals surface area contributed by atoms with Crippen LogP contribution in [0.5, 0.6) is 11.5 Å². The Hall–Kier alpha value is -3.60. The maximum atomic E-state index is 13.2. The number of imidazole rings is 1. The molecule has 5 rings (SSSR count). The number of hydrogen-bond acceptors (Lipinski definition) is 14. The predicted octanol–water partition coefficient (Wildman–Crippen LogP) is 0.626. The summed E-state index contributed by atoms with van der Waals surface area (Å²) in [7, 11) is -1.62. The predicted molar refractivity (Wildman–Crippen MR) is 122 cm³/mol. The molecule has 3 aromatic rings. The van der Waals surface area contributed by atoms with Crippen LogP contribution in [-0.2, 0) is 29.5 Å². The molecule has 2 aliphatic rings. The summed E-state index contributed by atoms with van der Waals surface area (Å²) in [6.45, 7) is -0.823. The zero-order valence-electron chi connectivity index (χ0n) is 19.3. The molecular formula is C19H21N6O11P. The van der Waals surface area contributed by atoms with Crippen LogP contribution in [0.1, 0.15) is 11.8 Å². The molecule has 0 radical (unpaired) electrons. The van der Waals surface area contributed by atoms with Crippen LogP contribution in [0.2, 0.25) is 0 Å². The molecule has 0 saturated carbocycles. The first-order valence-corrected chi connectivity index (χ1v) is 12.1. The highest BCUT2D eigenvalue weighted by Crippen LogP contribution is 2.57. The number of fused-ring (bicyclic) bond motifs is 2. The molecule has 5 atom stereocenters. The maximum absolute atomic E-state index is 13.2. The van der Waals surface area contributed by atoms with E-state index in [1.165, 1.54) is 31.2 Å². The lowest BCUT2D eigenvalue weighted by atomic mass is 10.1. The van der Waals surface area contributed by atoms with Gasteiger partial charge in [-0.05, 0) is 6.07 Å². The van der Waals surface area contributed by atoms with Crippen LogP contribution in [0.25, 0.3) is 11.2 Å². The Labute approximate surface area is 206 Å². The van der Waals surface area contributed by atoms with Gasteiger partial charge in [0.2, 0.25) is 5.95 Å². The number of aliphatic hydroxyl groups is 1. The minimum atomic E-state index is -4.30. The van der Waals surface area contributed by atoms with Gasteiger partial charge in [-0.3, -0.25) is 38.0 Å². The summed E-state index contributed by atoms with van der Waals surface area (Å²) < 4.78 is 46.7. The topological polar surface area (TPSA) is 225 Å². The monoisotopic (exact) mass is 540 g/mol. The number of nitro benzene ring substituents is 1. The third-order valence-corrected chi connectivity index (χ3v) is 7.25. The average molecular weight is 540 g/mol. The lowest BCUT2D eigenvalue weighted by Gasteiger charge is -2.30. The first kappa shape index (κ1) is 25.1. The number of aromatic amines is 1. The highest BCUT2D eigenvalue weighted by Gasteiger charge is 2.53. The molecule has 18 heteroatoms. The van der Waals surface area contributed by atoms with Crippen LogP contribution in [-0.4, -0.2) is 68.7 Å². The van der Waals surface area contributed by atoms with E-state index in [1.54, 1.807) is 0 Å². The van der Waals surface area contributed by atoms with Gasteiger partial charge in [-0.2, -0.15) is 4.98 Å². The summed E-state index contributed by atoms with van der Waals surface area (Å²) in [5.74, 6) is 0.157. The van der Waals surface area contributed by atoms with E-state index in [-0.39, 0.29) is 46.5 Å². The van der Waals surface area contributed by atoms with Crippen molar-refractivity contribution in [2.24, 2.45) is 0 Å².